The lowest BCUT2D eigenvalue weighted by Gasteiger charge is -2.37. The highest BCUT2D eigenvalue weighted by Crippen LogP contribution is 2.36. The van der Waals surface area contributed by atoms with Gasteiger partial charge >= 0.3 is 0 Å². The Balaban J connectivity index is 2.09. The third-order valence-corrected chi connectivity index (χ3v) is 5.77. The van der Waals surface area contributed by atoms with Crippen LogP contribution in [-0.2, 0) is 6.42 Å². The Morgan fingerprint density at radius 3 is 2.35 bits per heavy atom. The maximum Gasteiger partial charge on any atom is 0.0453 e. The molecule has 20 heavy (non-hydrogen) atoms. The highest BCUT2D eigenvalue weighted by Gasteiger charge is 2.30. The van der Waals surface area contributed by atoms with Crippen LogP contribution in [0.3, 0.4) is 0 Å². The van der Waals surface area contributed by atoms with Gasteiger partial charge in [-0.05, 0) is 61.8 Å². The molecule has 1 fully saturated rings. The highest BCUT2D eigenvalue weighted by atomic mass is 35.5. The van der Waals surface area contributed by atoms with Crippen molar-refractivity contribution < 1.29 is 0 Å². The predicted octanol–water partition coefficient (Wildman–Crippen LogP) is 5.20. The number of rotatable bonds is 4. The molecular formula is C17H25Cl2N. The van der Waals surface area contributed by atoms with E-state index in [1.165, 1.54) is 19.3 Å². The van der Waals surface area contributed by atoms with Crippen molar-refractivity contribution in [2.75, 3.05) is 7.05 Å². The quantitative estimate of drug-likeness (QED) is 0.806. The zero-order valence-corrected chi connectivity index (χ0v) is 14.1. The summed E-state index contributed by atoms with van der Waals surface area (Å²) in [5.41, 5.74) is 1.08. The Labute approximate surface area is 133 Å². The van der Waals surface area contributed by atoms with Crippen molar-refractivity contribution >= 4 is 23.2 Å². The normalized spacial score (nSPS) is 28.4. The number of hydrogen-bond acceptors (Lipinski definition) is 1. The first kappa shape index (κ1) is 16.1. The van der Waals surface area contributed by atoms with Crippen LogP contribution in [0.5, 0.6) is 0 Å². The summed E-state index contributed by atoms with van der Waals surface area (Å²) in [6.07, 6.45) is 4.86. The molecule has 0 amide bonds. The molecule has 1 nitrogen and oxygen atoms in total. The van der Waals surface area contributed by atoms with Crippen molar-refractivity contribution in [1.29, 1.82) is 0 Å². The zero-order chi connectivity index (χ0) is 14.7. The minimum Gasteiger partial charge on any atom is -0.316 e. The van der Waals surface area contributed by atoms with E-state index >= 15 is 0 Å². The molecule has 0 bridgehead atoms. The summed E-state index contributed by atoms with van der Waals surface area (Å²) in [5, 5.41) is 5.07. The van der Waals surface area contributed by atoms with Crippen LogP contribution < -0.4 is 5.32 Å². The van der Waals surface area contributed by atoms with Gasteiger partial charge in [0.25, 0.3) is 0 Å². The molecule has 0 heterocycles. The summed E-state index contributed by atoms with van der Waals surface area (Å²) in [6, 6.07) is 6.23. The molecule has 112 valence electrons. The third-order valence-electron chi connectivity index (χ3n) is 5.06. The number of halogens is 2. The Morgan fingerprint density at radius 1 is 1.15 bits per heavy atom. The van der Waals surface area contributed by atoms with E-state index in [1.54, 1.807) is 0 Å². The molecule has 0 spiro atoms. The van der Waals surface area contributed by atoms with Gasteiger partial charge in [0.05, 0.1) is 0 Å². The maximum absolute atomic E-state index is 6.31. The van der Waals surface area contributed by atoms with Crippen LogP contribution in [0.2, 0.25) is 10.0 Å². The molecule has 0 aromatic heterocycles. The van der Waals surface area contributed by atoms with Crippen molar-refractivity contribution in [3.63, 3.8) is 0 Å². The van der Waals surface area contributed by atoms with E-state index in [0.29, 0.717) is 6.04 Å². The number of nitrogens with one attached hydrogen (secondary N) is 1. The second-order valence-corrected chi connectivity index (χ2v) is 7.14. The molecule has 1 aliphatic carbocycles. The molecule has 1 aromatic rings. The zero-order valence-electron chi connectivity index (χ0n) is 12.6. The lowest BCUT2D eigenvalue weighted by Crippen LogP contribution is -2.39. The van der Waals surface area contributed by atoms with Crippen LogP contribution in [0.4, 0.5) is 0 Å². The number of hydrogen-bond donors (Lipinski definition) is 1. The van der Waals surface area contributed by atoms with E-state index < -0.39 is 0 Å². The second-order valence-electron chi connectivity index (χ2n) is 6.33. The fraction of sp³-hybridized carbons (Fsp3) is 0.647. The van der Waals surface area contributed by atoms with E-state index in [-0.39, 0.29) is 0 Å². The summed E-state index contributed by atoms with van der Waals surface area (Å²) in [6.45, 7) is 4.76. The van der Waals surface area contributed by atoms with Crippen molar-refractivity contribution in [3.05, 3.63) is 33.8 Å². The van der Waals surface area contributed by atoms with Gasteiger partial charge in [-0.25, -0.2) is 0 Å². The number of likely N-dealkylation sites (N-methyl/N-ethyl adjacent to an activating group) is 1. The lowest BCUT2D eigenvalue weighted by molar-refractivity contribution is 0.173. The van der Waals surface area contributed by atoms with Crippen LogP contribution in [0, 0.1) is 17.8 Å². The van der Waals surface area contributed by atoms with Gasteiger partial charge in [-0.3, -0.25) is 0 Å². The van der Waals surface area contributed by atoms with Crippen LogP contribution >= 0.6 is 23.2 Å². The van der Waals surface area contributed by atoms with E-state index in [0.717, 1.165) is 39.8 Å². The minimum atomic E-state index is 0.461. The summed E-state index contributed by atoms with van der Waals surface area (Å²) >= 11 is 12.6. The molecule has 1 saturated carbocycles. The lowest BCUT2D eigenvalue weighted by atomic mass is 9.72. The molecule has 4 unspecified atom stereocenters. The highest BCUT2D eigenvalue weighted by molar-refractivity contribution is 6.36. The molecule has 1 aromatic carbocycles. The number of benzene rings is 1. The molecule has 4 atom stereocenters. The molecule has 0 radical (unpaired) electrons. The van der Waals surface area contributed by atoms with Crippen LogP contribution in [0.25, 0.3) is 0 Å². The van der Waals surface area contributed by atoms with E-state index in [9.17, 15) is 0 Å². The van der Waals surface area contributed by atoms with Crippen LogP contribution in [0.1, 0.15) is 38.7 Å². The monoisotopic (exact) mass is 313 g/mol. The fourth-order valence-corrected chi connectivity index (χ4v) is 3.96. The third kappa shape index (κ3) is 3.69. The van der Waals surface area contributed by atoms with Gasteiger partial charge in [0.2, 0.25) is 0 Å². The average Bonchev–Trinajstić information content (AvgIpc) is 2.42. The van der Waals surface area contributed by atoms with Crippen molar-refractivity contribution in [3.8, 4) is 0 Å². The molecule has 0 aliphatic heterocycles. The first-order valence-corrected chi connectivity index (χ1v) is 8.38. The summed E-state index contributed by atoms with van der Waals surface area (Å²) in [5.74, 6) is 2.39. The van der Waals surface area contributed by atoms with Gasteiger partial charge in [0, 0.05) is 16.1 Å². The van der Waals surface area contributed by atoms with Crippen molar-refractivity contribution in [2.24, 2.45) is 17.8 Å². The second kappa shape index (κ2) is 7.15. The predicted molar refractivity (Wildman–Crippen MR) is 88.7 cm³/mol. The fourth-order valence-electron chi connectivity index (χ4n) is 3.41. The van der Waals surface area contributed by atoms with E-state index in [2.05, 4.69) is 26.2 Å². The van der Waals surface area contributed by atoms with Crippen LogP contribution in [0.15, 0.2) is 18.2 Å². The first-order chi connectivity index (χ1) is 9.52. The maximum atomic E-state index is 6.31. The van der Waals surface area contributed by atoms with Gasteiger partial charge in [-0.2, -0.15) is 0 Å². The molecular weight excluding hydrogens is 289 g/mol. The largest absolute Gasteiger partial charge is 0.316 e. The molecule has 1 aliphatic rings. The molecule has 0 saturated heterocycles. The van der Waals surface area contributed by atoms with Gasteiger partial charge in [0.1, 0.15) is 0 Å². The molecule has 2 rings (SSSR count). The Bertz CT molecular complexity index is 426. The molecule has 1 N–H and O–H groups in total. The Morgan fingerprint density at radius 2 is 1.80 bits per heavy atom. The smallest absolute Gasteiger partial charge is 0.0453 e. The molecule has 3 heteroatoms. The minimum absolute atomic E-state index is 0.461. The van der Waals surface area contributed by atoms with Gasteiger partial charge in [-0.15, -0.1) is 0 Å². The van der Waals surface area contributed by atoms with Crippen molar-refractivity contribution in [2.45, 2.75) is 45.6 Å². The van der Waals surface area contributed by atoms with Gasteiger partial charge in [0.15, 0.2) is 0 Å². The topological polar surface area (TPSA) is 12.0 Å². The first-order valence-electron chi connectivity index (χ1n) is 7.63. The van der Waals surface area contributed by atoms with E-state index in [1.807, 2.05) is 18.2 Å². The Hall–Kier alpha value is -0.240. The van der Waals surface area contributed by atoms with Crippen molar-refractivity contribution in [1.82, 2.24) is 5.32 Å². The Kier molecular flexibility index (Phi) is 5.77. The standard InChI is InChI=1S/C17H25Cl2N/c1-11-7-8-13(9-12(11)2)17(20-3)10-14-15(18)5-4-6-16(14)19/h4-6,11-13,17,20H,7-10H2,1-3H3. The SMILES string of the molecule is CNC(Cc1c(Cl)cccc1Cl)C1CCC(C)C(C)C1. The van der Waals surface area contributed by atoms with Crippen LogP contribution in [-0.4, -0.2) is 13.1 Å². The summed E-state index contributed by atoms with van der Waals surface area (Å²) < 4.78 is 0. The van der Waals surface area contributed by atoms with Gasteiger partial charge in [-0.1, -0.05) is 49.5 Å². The van der Waals surface area contributed by atoms with Gasteiger partial charge < -0.3 is 5.32 Å². The summed E-state index contributed by atoms with van der Waals surface area (Å²) in [4.78, 5) is 0. The summed E-state index contributed by atoms with van der Waals surface area (Å²) in [7, 11) is 2.05. The van der Waals surface area contributed by atoms with E-state index in [4.69, 9.17) is 23.2 Å². The average molecular weight is 314 g/mol.